The third-order valence-corrected chi connectivity index (χ3v) is 2.75. The van der Waals surface area contributed by atoms with Gasteiger partial charge in [0.05, 0.1) is 13.2 Å². The lowest BCUT2D eigenvalue weighted by atomic mass is 10.2. The van der Waals surface area contributed by atoms with Crippen molar-refractivity contribution in [3.8, 4) is 5.75 Å². The van der Waals surface area contributed by atoms with Gasteiger partial charge in [0.25, 0.3) is 0 Å². The van der Waals surface area contributed by atoms with Crippen LogP contribution >= 0.6 is 0 Å². The highest BCUT2D eigenvalue weighted by Gasteiger charge is 2.02. The van der Waals surface area contributed by atoms with Crippen LogP contribution < -0.4 is 10.1 Å². The SMILES string of the molecule is COCCCCOc1cc(F)cc(CNCCOC)c1. The smallest absolute Gasteiger partial charge is 0.127 e. The molecule has 0 radical (unpaired) electrons. The lowest BCUT2D eigenvalue weighted by molar-refractivity contribution is 0.184. The molecule has 0 heterocycles. The fraction of sp³-hybridized carbons (Fsp3) is 0.600. The van der Waals surface area contributed by atoms with Crippen LogP contribution in [0.5, 0.6) is 5.75 Å². The standard InChI is InChI=1S/C15H24FNO3/c1-18-6-3-4-7-20-15-10-13(9-14(16)11-15)12-17-5-8-19-2/h9-11,17H,3-8,12H2,1-2H3. The van der Waals surface area contributed by atoms with Crippen LogP contribution in [0.2, 0.25) is 0 Å². The molecular weight excluding hydrogens is 261 g/mol. The summed E-state index contributed by atoms with van der Waals surface area (Å²) in [6.07, 6.45) is 1.84. The third-order valence-electron chi connectivity index (χ3n) is 2.75. The van der Waals surface area contributed by atoms with Gasteiger partial charge in [0.15, 0.2) is 0 Å². The van der Waals surface area contributed by atoms with Gasteiger partial charge >= 0.3 is 0 Å². The predicted molar refractivity (Wildman–Crippen MR) is 76.6 cm³/mol. The summed E-state index contributed by atoms with van der Waals surface area (Å²) in [6.45, 7) is 3.27. The van der Waals surface area contributed by atoms with Crippen molar-refractivity contribution in [1.82, 2.24) is 5.32 Å². The van der Waals surface area contributed by atoms with Crippen LogP contribution in [0.4, 0.5) is 4.39 Å². The fourth-order valence-electron chi connectivity index (χ4n) is 1.75. The molecule has 0 spiro atoms. The highest BCUT2D eigenvalue weighted by Crippen LogP contribution is 2.16. The Kier molecular flexibility index (Phi) is 8.95. The van der Waals surface area contributed by atoms with Crippen LogP contribution in [-0.4, -0.2) is 40.6 Å². The molecule has 5 heteroatoms. The Labute approximate surface area is 120 Å². The molecule has 20 heavy (non-hydrogen) atoms. The van der Waals surface area contributed by atoms with Gasteiger partial charge in [-0.05, 0) is 30.5 Å². The lowest BCUT2D eigenvalue weighted by Crippen LogP contribution is -2.18. The van der Waals surface area contributed by atoms with Crippen molar-refractivity contribution < 1.29 is 18.6 Å². The van der Waals surface area contributed by atoms with Gasteiger partial charge in [-0.3, -0.25) is 0 Å². The van der Waals surface area contributed by atoms with Crippen molar-refractivity contribution >= 4 is 0 Å². The summed E-state index contributed by atoms with van der Waals surface area (Å²) in [4.78, 5) is 0. The van der Waals surface area contributed by atoms with Crippen LogP contribution in [0.15, 0.2) is 18.2 Å². The first-order chi connectivity index (χ1) is 9.76. The first-order valence-electron chi connectivity index (χ1n) is 6.87. The minimum Gasteiger partial charge on any atom is -0.493 e. The van der Waals surface area contributed by atoms with Crippen molar-refractivity contribution in [3.63, 3.8) is 0 Å². The number of halogens is 1. The van der Waals surface area contributed by atoms with Gasteiger partial charge in [0, 0.05) is 40.0 Å². The third kappa shape index (κ3) is 7.43. The van der Waals surface area contributed by atoms with E-state index in [0.717, 1.165) is 31.6 Å². The summed E-state index contributed by atoms with van der Waals surface area (Å²) < 4.78 is 28.9. The Morgan fingerprint density at radius 1 is 1.00 bits per heavy atom. The van der Waals surface area contributed by atoms with Gasteiger partial charge in [-0.1, -0.05) is 0 Å². The predicted octanol–water partition coefficient (Wildman–Crippen LogP) is 2.37. The molecule has 0 aliphatic rings. The van der Waals surface area contributed by atoms with Gasteiger partial charge in [0.1, 0.15) is 11.6 Å². The van der Waals surface area contributed by atoms with E-state index in [-0.39, 0.29) is 5.82 Å². The van der Waals surface area contributed by atoms with E-state index in [1.807, 2.05) is 6.07 Å². The van der Waals surface area contributed by atoms with Gasteiger partial charge in [-0.2, -0.15) is 0 Å². The van der Waals surface area contributed by atoms with E-state index < -0.39 is 0 Å². The zero-order chi connectivity index (χ0) is 14.6. The van der Waals surface area contributed by atoms with Crippen molar-refractivity contribution in [3.05, 3.63) is 29.6 Å². The van der Waals surface area contributed by atoms with E-state index >= 15 is 0 Å². The Morgan fingerprint density at radius 3 is 2.50 bits per heavy atom. The number of methoxy groups -OCH3 is 2. The number of hydrogen-bond acceptors (Lipinski definition) is 4. The largest absolute Gasteiger partial charge is 0.493 e. The number of rotatable bonds is 11. The number of benzene rings is 1. The molecule has 0 aliphatic heterocycles. The van der Waals surface area contributed by atoms with Gasteiger partial charge in [-0.25, -0.2) is 4.39 Å². The molecule has 1 rings (SSSR count). The van der Waals surface area contributed by atoms with Gasteiger partial charge < -0.3 is 19.5 Å². The molecule has 4 nitrogen and oxygen atoms in total. The van der Waals surface area contributed by atoms with Crippen LogP contribution in [-0.2, 0) is 16.0 Å². The molecule has 0 amide bonds. The summed E-state index contributed by atoms with van der Waals surface area (Å²) in [5, 5.41) is 3.18. The van der Waals surface area contributed by atoms with Crippen LogP contribution in [0.25, 0.3) is 0 Å². The first kappa shape index (κ1) is 16.9. The molecule has 0 bridgehead atoms. The summed E-state index contributed by atoms with van der Waals surface area (Å²) in [5.41, 5.74) is 0.869. The Hall–Kier alpha value is -1.17. The molecule has 0 atom stereocenters. The molecule has 0 saturated carbocycles. The maximum atomic E-state index is 13.5. The average molecular weight is 285 g/mol. The lowest BCUT2D eigenvalue weighted by Gasteiger charge is -2.09. The first-order valence-corrected chi connectivity index (χ1v) is 6.87. The molecule has 0 aromatic heterocycles. The average Bonchev–Trinajstić information content (AvgIpc) is 2.43. The molecule has 0 aliphatic carbocycles. The number of hydrogen-bond donors (Lipinski definition) is 1. The van der Waals surface area contributed by atoms with E-state index in [9.17, 15) is 4.39 Å². The van der Waals surface area contributed by atoms with Gasteiger partial charge in [-0.15, -0.1) is 0 Å². The summed E-state index contributed by atoms with van der Waals surface area (Å²) >= 11 is 0. The highest BCUT2D eigenvalue weighted by atomic mass is 19.1. The molecular formula is C15H24FNO3. The second-order valence-electron chi connectivity index (χ2n) is 4.51. The zero-order valence-corrected chi connectivity index (χ0v) is 12.3. The van der Waals surface area contributed by atoms with E-state index in [4.69, 9.17) is 14.2 Å². The van der Waals surface area contributed by atoms with E-state index in [1.165, 1.54) is 12.1 Å². The van der Waals surface area contributed by atoms with Crippen LogP contribution in [0.1, 0.15) is 18.4 Å². The Balaban J connectivity index is 2.36. The number of ether oxygens (including phenoxy) is 3. The van der Waals surface area contributed by atoms with Crippen molar-refractivity contribution in [1.29, 1.82) is 0 Å². The number of nitrogens with one attached hydrogen (secondary N) is 1. The Morgan fingerprint density at radius 2 is 1.75 bits per heavy atom. The monoisotopic (exact) mass is 285 g/mol. The molecule has 0 fully saturated rings. The fourth-order valence-corrected chi connectivity index (χ4v) is 1.75. The summed E-state index contributed by atoms with van der Waals surface area (Å²) in [6, 6.07) is 4.78. The topological polar surface area (TPSA) is 39.7 Å². The maximum absolute atomic E-state index is 13.5. The van der Waals surface area contributed by atoms with Crippen molar-refractivity contribution in [2.45, 2.75) is 19.4 Å². The highest BCUT2D eigenvalue weighted by molar-refractivity contribution is 5.29. The second kappa shape index (κ2) is 10.6. The molecule has 114 valence electrons. The minimum atomic E-state index is -0.275. The Bertz CT molecular complexity index is 374. The quantitative estimate of drug-likeness (QED) is 0.634. The van der Waals surface area contributed by atoms with Crippen molar-refractivity contribution in [2.75, 3.05) is 40.6 Å². The van der Waals surface area contributed by atoms with Crippen molar-refractivity contribution in [2.24, 2.45) is 0 Å². The van der Waals surface area contributed by atoms with Crippen LogP contribution in [0.3, 0.4) is 0 Å². The van der Waals surface area contributed by atoms with Gasteiger partial charge in [0.2, 0.25) is 0 Å². The second-order valence-corrected chi connectivity index (χ2v) is 4.51. The molecule has 1 aromatic rings. The minimum absolute atomic E-state index is 0.275. The summed E-state index contributed by atoms with van der Waals surface area (Å²) in [5.74, 6) is 0.300. The zero-order valence-electron chi connectivity index (χ0n) is 12.3. The molecule has 1 aromatic carbocycles. The normalized spacial score (nSPS) is 10.8. The van der Waals surface area contributed by atoms with E-state index in [2.05, 4.69) is 5.32 Å². The van der Waals surface area contributed by atoms with Crippen LogP contribution in [0, 0.1) is 5.82 Å². The number of unbranched alkanes of at least 4 members (excludes halogenated alkanes) is 1. The van der Waals surface area contributed by atoms with E-state index in [0.29, 0.717) is 25.5 Å². The molecule has 0 unspecified atom stereocenters. The molecule has 1 N–H and O–H groups in total. The molecule has 0 saturated heterocycles. The summed E-state index contributed by atoms with van der Waals surface area (Å²) in [7, 11) is 3.33. The van der Waals surface area contributed by atoms with E-state index in [1.54, 1.807) is 14.2 Å². The maximum Gasteiger partial charge on any atom is 0.127 e.